The van der Waals surface area contributed by atoms with E-state index in [1.165, 1.54) is 25.7 Å². The number of hydrogen-bond donors (Lipinski definition) is 1. The number of hydrogen-bond acceptors (Lipinski definition) is 4. The zero-order valence-corrected chi connectivity index (χ0v) is 18.1. The zero-order valence-electron chi connectivity index (χ0n) is 18.1. The highest BCUT2D eigenvalue weighted by Crippen LogP contribution is 2.44. The minimum atomic E-state index is -0.200. The van der Waals surface area contributed by atoms with E-state index in [0.29, 0.717) is 6.04 Å². The summed E-state index contributed by atoms with van der Waals surface area (Å²) in [5, 5.41) is 13.3. The largest absolute Gasteiger partial charge is 0.356 e. The minimum Gasteiger partial charge on any atom is -0.356 e. The lowest BCUT2D eigenvalue weighted by molar-refractivity contribution is 0.125. The third-order valence-electron chi connectivity index (χ3n) is 7.79. The summed E-state index contributed by atoms with van der Waals surface area (Å²) < 4.78 is 0. The van der Waals surface area contributed by atoms with Crippen LogP contribution in [0.4, 0.5) is 0 Å². The molecule has 0 spiro atoms. The van der Waals surface area contributed by atoms with Gasteiger partial charge in [0.2, 0.25) is 6.19 Å². The van der Waals surface area contributed by atoms with Crippen LogP contribution in [-0.2, 0) is 0 Å². The Kier molecular flexibility index (Phi) is 5.92. The lowest BCUT2D eigenvalue weighted by atomic mass is 9.71. The first-order valence-corrected chi connectivity index (χ1v) is 11.5. The van der Waals surface area contributed by atoms with Gasteiger partial charge in [-0.1, -0.05) is 39.0 Å². The van der Waals surface area contributed by atoms with Gasteiger partial charge in [-0.15, -0.1) is 0 Å². The third kappa shape index (κ3) is 3.68. The molecular weight excluding hydrogens is 358 g/mol. The van der Waals surface area contributed by atoms with Crippen molar-refractivity contribution in [2.45, 2.75) is 84.0 Å². The average Bonchev–Trinajstić information content (AvgIpc) is 3.19. The Bertz CT molecular complexity index is 763. The number of allylic oxidation sites excluding steroid dienone is 2. The van der Waals surface area contributed by atoms with Crippen LogP contribution in [0.15, 0.2) is 34.3 Å². The summed E-state index contributed by atoms with van der Waals surface area (Å²) in [5.41, 5.74) is 0.908. The maximum absolute atomic E-state index is 9.58. The Hall–Kier alpha value is -1.93. The van der Waals surface area contributed by atoms with E-state index in [-0.39, 0.29) is 17.6 Å². The highest BCUT2D eigenvalue weighted by Gasteiger charge is 2.50. The van der Waals surface area contributed by atoms with Crippen molar-refractivity contribution in [2.24, 2.45) is 27.2 Å². The fourth-order valence-electron chi connectivity index (χ4n) is 5.95. The second-order valence-electron chi connectivity index (χ2n) is 9.50. The molecule has 5 nitrogen and oxygen atoms in total. The van der Waals surface area contributed by atoms with Crippen molar-refractivity contribution in [3.05, 3.63) is 24.3 Å². The van der Waals surface area contributed by atoms with E-state index >= 15 is 0 Å². The van der Waals surface area contributed by atoms with Crippen molar-refractivity contribution in [2.75, 3.05) is 6.54 Å². The van der Waals surface area contributed by atoms with E-state index in [0.717, 1.165) is 49.2 Å². The molecule has 4 aliphatic rings. The van der Waals surface area contributed by atoms with Gasteiger partial charge in [0.1, 0.15) is 12.0 Å². The molecule has 3 atom stereocenters. The van der Waals surface area contributed by atoms with Crippen LogP contribution in [0.2, 0.25) is 0 Å². The molecular formula is C24H35N5. The monoisotopic (exact) mass is 393 g/mol. The van der Waals surface area contributed by atoms with E-state index < -0.39 is 0 Å². The molecule has 2 heterocycles. The molecule has 29 heavy (non-hydrogen) atoms. The molecule has 1 saturated carbocycles. The Labute approximate surface area is 175 Å². The van der Waals surface area contributed by atoms with Gasteiger partial charge in [-0.3, -0.25) is 10.3 Å². The topological polar surface area (TPSA) is 63.8 Å². The predicted octanol–water partition coefficient (Wildman–Crippen LogP) is 4.44. The molecule has 2 aliphatic carbocycles. The van der Waals surface area contributed by atoms with Gasteiger partial charge in [0.15, 0.2) is 0 Å². The van der Waals surface area contributed by atoms with E-state index in [1.54, 1.807) is 0 Å². The van der Waals surface area contributed by atoms with Crippen LogP contribution in [0.5, 0.6) is 0 Å². The average molecular weight is 394 g/mol. The highest BCUT2D eigenvalue weighted by molar-refractivity contribution is 6.04. The predicted molar refractivity (Wildman–Crippen MR) is 119 cm³/mol. The molecule has 2 aliphatic heterocycles. The fraction of sp³-hybridized carbons (Fsp3) is 0.708. The summed E-state index contributed by atoms with van der Waals surface area (Å²) in [6, 6.07) is 0.702. The number of nitrogens with one attached hydrogen (secondary N) is 1. The highest BCUT2D eigenvalue weighted by atomic mass is 15.3. The standard InChI is InChI=1S/C24H35N5/c1-4-24(22-27-20-8-5-6-9-21(20)28-22)14-7-15-29(23(24)26-16-25)19-12-10-18(11-13-19)17(2)3/h5-6,8-9,17-20,22,27H,4,7,10-15H2,1-3H3. The van der Waals surface area contributed by atoms with Crippen LogP contribution in [0.25, 0.3) is 0 Å². The van der Waals surface area contributed by atoms with Crippen LogP contribution in [0.3, 0.4) is 0 Å². The van der Waals surface area contributed by atoms with E-state index in [9.17, 15) is 5.26 Å². The van der Waals surface area contributed by atoms with Gasteiger partial charge in [0.05, 0.1) is 17.2 Å². The van der Waals surface area contributed by atoms with Crippen LogP contribution in [0, 0.1) is 28.7 Å². The number of aliphatic imine (C=N–C) groups is 2. The second kappa shape index (κ2) is 8.44. The Morgan fingerprint density at radius 1 is 1.31 bits per heavy atom. The number of piperidine rings is 1. The molecule has 0 aromatic carbocycles. The number of nitrogens with zero attached hydrogens (tertiary/aromatic N) is 4. The van der Waals surface area contributed by atoms with E-state index in [2.05, 4.69) is 66.5 Å². The number of likely N-dealkylation sites (tertiary alicyclic amines) is 1. The molecule has 0 aromatic rings. The molecule has 0 amide bonds. The molecule has 4 rings (SSSR count). The van der Waals surface area contributed by atoms with Crippen molar-refractivity contribution in [3.8, 4) is 6.19 Å². The van der Waals surface area contributed by atoms with Crippen LogP contribution < -0.4 is 5.32 Å². The minimum absolute atomic E-state index is 0.0122. The lowest BCUT2D eigenvalue weighted by Crippen LogP contribution is -2.59. The smallest absolute Gasteiger partial charge is 0.207 e. The maximum Gasteiger partial charge on any atom is 0.207 e. The van der Waals surface area contributed by atoms with Gasteiger partial charge < -0.3 is 4.90 Å². The number of rotatable bonds is 4. The van der Waals surface area contributed by atoms with Crippen LogP contribution >= 0.6 is 0 Å². The first-order valence-electron chi connectivity index (χ1n) is 11.5. The molecule has 0 radical (unpaired) electrons. The Morgan fingerprint density at radius 2 is 2.10 bits per heavy atom. The van der Waals surface area contributed by atoms with Gasteiger partial charge in [0.25, 0.3) is 0 Å². The molecule has 0 bridgehead atoms. The lowest BCUT2D eigenvalue weighted by Gasteiger charge is -2.50. The molecule has 0 aromatic heterocycles. The molecule has 3 unspecified atom stereocenters. The van der Waals surface area contributed by atoms with Crippen molar-refractivity contribution in [3.63, 3.8) is 0 Å². The molecule has 1 N–H and O–H groups in total. The van der Waals surface area contributed by atoms with Crippen molar-refractivity contribution in [1.82, 2.24) is 10.2 Å². The van der Waals surface area contributed by atoms with Gasteiger partial charge in [-0.25, -0.2) is 0 Å². The van der Waals surface area contributed by atoms with Crippen LogP contribution in [0.1, 0.15) is 65.7 Å². The SMILES string of the molecule is CCC1(C2N=C3C=CC=CC3N2)CCCN(C2CCC(C(C)C)CC2)C1=NC#N. The van der Waals surface area contributed by atoms with E-state index in [1.807, 2.05) is 0 Å². The quantitative estimate of drug-likeness (QED) is 0.718. The van der Waals surface area contributed by atoms with Crippen molar-refractivity contribution < 1.29 is 0 Å². The maximum atomic E-state index is 9.58. The second-order valence-corrected chi connectivity index (χ2v) is 9.50. The van der Waals surface area contributed by atoms with E-state index in [4.69, 9.17) is 4.99 Å². The summed E-state index contributed by atoms with van der Waals surface area (Å²) in [4.78, 5) is 12.1. The molecule has 2 fully saturated rings. The zero-order chi connectivity index (χ0) is 20.4. The fourth-order valence-corrected chi connectivity index (χ4v) is 5.95. The van der Waals surface area contributed by atoms with Gasteiger partial charge >= 0.3 is 0 Å². The van der Waals surface area contributed by atoms with Gasteiger partial charge in [0, 0.05) is 12.6 Å². The molecule has 1 saturated heterocycles. The number of nitriles is 1. The summed E-state index contributed by atoms with van der Waals surface area (Å²) in [7, 11) is 0. The summed E-state index contributed by atoms with van der Waals surface area (Å²) >= 11 is 0. The van der Waals surface area contributed by atoms with Crippen molar-refractivity contribution >= 4 is 11.5 Å². The summed E-state index contributed by atoms with van der Waals surface area (Å²) in [6.45, 7) is 7.96. The van der Waals surface area contributed by atoms with Gasteiger partial charge in [-0.2, -0.15) is 10.3 Å². The Balaban J connectivity index is 1.60. The number of fused-ring (bicyclic) bond motifs is 1. The first kappa shape index (κ1) is 20.3. The normalized spacial score (nSPS) is 38.2. The van der Waals surface area contributed by atoms with Crippen LogP contribution in [-0.4, -0.2) is 41.2 Å². The number of amidine groups is 1. The van der Waals surface area contributed by atoms with Crippen molar-refractivity contribution in [1.29, 1.82) is 5.26 Å². The Morgan fingerprint density at radius 3 is 2.76 bits per heavy atom. The molecule has 156 valence electrons. The summed E-state index contributed by atoms with van der Waals surface area (Å²) in [5.74, 6) is 2.60. The first-order chi connectivity index (χ1) is 14.1. The summed E-state index contributed by atoms with van der Waals surface area (Å²) in [6.07, 6.45) is 18.7. The van der Waals surface area contributed by atoms with Gasteiger partial charge in [-0.05, 0) is 62.9 Å². The third-order valence-corrected chi connectivity index (χ3v) is 7.79. The molecule has 5 heteroatoms.